The van der Waals surface area contributed by atoms with Gasteiger partial charge in [0.15, 0.2) is 0 Å². The second-order valence-corrected chi connectivity index (χ2v) is 7.78. The van der Waals surface area contributed by atoms with Gasteiger partial charge in [-0.1, -0.05) is 45.0 Å². The van der Waals surface area contributed by atoms with E-state index in [4.69, 9.17) is 4.74 Å². The van der Waals surface area contributed by atoms with Gasteiger partial charge in [-0.3, -0.25) is 4.79 Å². The normalized spacial score (nSPS) is 15.1. The first kappa shape index (κ1) is 18.3. The lowest BCUT2D eigenvalue weighted by atomic mass is 9.87. The van der Waals surface area contributed by atoms with Crippen molar-refractivity contribution < 1.29 is 9.53 Å². The number of carbonyl (C=O) groups is 1. The first-order valence-corrected chi connectivity index (χ1v) is 9.18. The molecule has 1 saturated heterocycles. The van der Waals surface area contributed by atoms with Gasteiger partial charge >= 0.3 is 0 Å². The molecule has 1 aliphatic heterocycles. The molecule has 0 unspecified atom stereocenters. The number of ether oxygens (including phenoxy) is 1. The minimum absolute atomic E-state index is 0.0465. The summed E-state index contributed by atoms with van der Waals surface area (Å²) in [5.41, 5.74) is 3.37. The molecule has 1 aliphatic rings. The van der Waals surface area contributed by atoms with Crippen molar-refractivity contribution in [3.8, 4) is 5.75 Å². The molecular weight excluding hydrogens is 324 g/mol. The zero-order chi connectivity index (χ0) is 18.7. The van der Waals surface area contributed by atoms with E-state index in [1.807, 2.05) is 29.2 Å². The number of piperazine rings is 1. The minimum Gasteiger partial charge on any atom is -0.496 e. The highest BCUT2D eigenvalue weighted by Crippen LogP contribution is 2.26. The maximum absolute atomic E-state index is 12.8. The maximum Gasteiger partial charge on any atom is 0.257 e. The number of para-hydroxylation sites is 1. The van der Waals surface area contributed by atoms with Crippen LogP contribution in [0.5, 0.6) is 5.75 Å². The van der Waals surface area contributed by atoms with Crippen LogP contribution in [0.3, 0.4) is 0 Å². The molecule has 26 heavy (non-hydrogen) atoms. The number of hydrogen-bond acceptors (Lipinski definition) is 3. The van der Waals surface area contributed by atoms with Crippen molar-refractivity contribution in [2.24, 2.45) is 0 Å². The number of carbonyl (C=O) groups excluding carboxylic acids is 1. The summed E-state index contributed by atoms with van der Waals surface area (Å²) in [6.45, 7) is 9.81. The van der Waals surface area contributed by atoms with Gasteiger partial charge in [0.05, 0.1) is 12.7 Å². The molecule has 1 amide bonds. The van der Waals surface area contributed by atoms with E-state index in [0.717, 1.165) is 26.2 Å². The van der Waals surface area contributed by atoms with E-state index >= 15 is 0 Å². The molecule has 0 spiro atoms. The Labute approximate surface area is 156 Å². The number of methoxy groups -OCH3 is 1. The summed E-state index contributed by atoms with van der Waals surface area (Å²) in [5.74, 6) is 0.683. The Morgan fingerprint density at radius 1 is 0.923 bits per heavy atom. The highest BCUT2D eigenvalue weighted by molar-refractivity contribution is 5.97. The highest BCUT2D eigenvalue weighted by Gasteiger charge is 2.24. The number of nitrogens with zero attached hydrogens (tertiary/aromatic N) is 2. The van der Waals surface area contributed by atoms with E-state index in [9.17, 15) is 4.79 Å². The third kappa shape index (κ3) is 3.85. The van der Waals surface area contributed by atoms with Gasteiger partial charge in [0.1, 0.15) is 5.75 Å². The molecule has 0 bridgehead atoms. The van der Waals surface area contributed by atoms with Gasteiger partial charge in [-0.05, 0) is 35.2 Å². The van der Waals surface area contributed by atoms with Crippen LogP contribution in [0.25, 0.3) is 0 Å². The standard InChI is InChI=1S/C22H28N2O2/c1-22(2,3)17-9-11-18(12-10-17)23-13-15-24(16-14-23)21(25)19-7-5-6-8-20(19)26-4/h5-12H,13-16H2,1-4H3. The van der Waals surface area contributed by atoms with Gasteiger partial charge in [-0.25, -0.2) is 0 Å². The van der Waals surface area contributed by atoms with Crippen LogP contribution in [-0.2, 0) is 5.41 Å². The van der Waals surface area contributed by atoms with Gasteiger partial charge in [0, 0.05) is 31.9 Å². The first-order valence-electron chi connectivity index (χ1n) is 9.18. The zero-order valence-corrected chi connectivity index (χ0v) is 16.2. The lowest BCUT2D eigenvalue weighted by Crippen LogP contribution is -2.48. The van der Waals surface area contributed by atoms with Gasteiger partial charge in [-0.2, -0.15) is 0 Å². The third-order valence-electron chi connectivity index (χ3n) is 5.00. The fourth-order valence-electron chi connectivity index (χ4n) is 3.33. The Balaban J connectivity index is 1.65. The summed E-state index contributed by atoms with van der Waals surface area (Å²) in [4.78, 5) is 17.1. The molecule has 0 atom stereocenters. The zero-order valence-electron chi connectivity index (χ0n) is 16.2. The molecule has 2 aromatic rings. The van der Waals surface area contributed by atoms with Crippen molar-refractivity contribution in [3.05, 3.63) is 59.7 Å². The van der Waals surface area contributed by atoms with Crippen LogP contribution in [0.15, 0.2) is 48.5 Å². The van der Waals surface area contributed by atoms with Crippen LogP contribution in [0.1, 0.15) is 36.7 Å². The van der Waals surface area contributed by atoms with Crippen LogP contribution >= 0.6 is 0 Å². The predicted octanol–water partition coefficient (Wildman–Crippen LogP) is 3.96. The van der Waals surface area contributed by atoms with Crippen molar-refractivity contribution in [3.63, 3.8) is 0 Å². The molecule has 0 aliphatic carbocycles. The molecule has 0 saturated carbocycles. The van der Waals surface area contributed by atoms with Crippen LogP contribution in [0, 0.1) is 0 Å². The summed E-state index contributed by atoms with van der Waals surface area (Å²) in [7, 11) is 1.60. The predicted molar refractivity (Wildman–Crippen MR) is 106 cm³/mol. The van der Waals surface area contributed by atoms with Gasteiger partial charge in [0.25, 0.3) is 5.91 Å². The van der Waals surface area contributed by atoms with Gasteiger partial charge in [-0.15, -0.1) is 0 Å². The largest absolute Gasteiger partial charge is 0.496 e. The molecule has 0 N–H and O–H groups in total. The summed E-state index contributed by atoms with van der Waals surface area (Å²) < 4.78 is 5.33. The van der Waals surface area contributed by atoms with E-state index in [2.05, 4.69) is 49.9 Å². The van der Waals surface area contributed by atoms with Crippen molar-refractivity contribution in [2.75, 3.05) is 38.2 Å². The highest BCUT2D eigenvalue weighted by atomic mass is 16.5. The average molecular weight is 352 g/mol. The molecule has 4 heteroatoms. The van der Waals surface area contributed by atoms with Crippen LogP contribution in [0.2, 0.25) is 0 Å². The second kappa shape index (κ2) is 7.40. The summed E-state index contributed by atoms with van der Waals surface area (Å²) in [6, 6.07) is 16.2. The summed E-state index contributed by atoms with van der Waals surface area (Å²) in [6.07, 6.45) is 0. The van der Waals surface area contributed by atoms with Gasteiger partial charge in [0.2, 0.25) is 0 Å². The first-order chi connectivity index (χ1) is 12.4. The van der Waals surface area contributed by atoms with Crippen LogP contribution < -0.4 is 9.64 Å². The molecule has 2 aromatic carbocycles. The minimum atomic E-state index is 0.0465. The fourth-order valence-corrected chi connectivity index (χ4v) is 3.33. The molecule has 1 heterocycles. The molecule has 4 nitrogen and oxygen atoms in total. The average Bonchev–Trinajstić information content (AvgIpc) is 2.67. The quantitative estimate of drug-likeness (QED) is 0.838. The molecule has 138 valence electrons. The van der Waals surface area contributed by atoms with Crippen LogP contribution in [0.4, 0.5) is 5.69 Å². The van der Waals surface area contributed by atoms with E-state index in [0.29, 0.717) is 11.3 Å². The van der Waals surface area contributed by atoms with E-state index < -0.39 is 0 Å². The SMILES string of the molecule is COc1ccccc1C(=O)N1CCN(c2ccc(C(C)(C)C)cc2)CC1. The second-order valence-electron chi connectivity index (χ2n) is 7.78. The van der Waals surface area contributed by atoms with E-state index in [1.165, 1.54) is 11.3 Å². The third-order valence-corrected chi connectivity index (χ3v) is 5.00. The van der Waals surface area contributed by atoms with Crippen LogP contribution in [-0.4, -0.2) is 44.1 Å². The number of hydrogen-bond donors (Lipinski definition) is 0. The lowest BCUT2D eigenvalue weighted by Gasteiger charge is -2.36. The van der Waals surface area contributed by atoms with Crippen molar-refractivity contribution in [1.82, 2.24) is 4.90 Å². The monoisotopic (exact) mass is 352 g/mol. The molecular formula is C22H28N2O2. The Kier molecular flexibility index (Phi) is 5.21. The van der Waals surface area contributed by atoms with Crippen molar-refractivity contribution in [1.29, 1.82) is 0 Å². The molecule has 3 rings (SSSR count). The van der Waals surface area contributed by atoms with Crippen molar-refractivity contribution >= 4 is 11.6 Å². The smallest absolute Gasteiger partial charge is 0.257 e. The Morgan fingerprint density at radius 3 is 2.12 bits per heavy atom. The number of amides is 1. The maximum atomic E-state index is 12.8. The summed E-state index contributed by atoms with van der Waals surface area (Å²) >= 11 is 0. The molecule has 0 aromatic heterocycles. The summed E-state index contributed by atoms with van der Waals surface area (Å²) in [5, 5.41) is 0. The number of rotatable bonds is 3. The number of anilines is 1. The molecule has 1 fully saturated rings. The van der Waals surface area contributed by atoms with Crippen molar-refractivity contribution in [2.45, 2.75) is 26.2 Å². The lowest BCUT2D eigenvalue weighted by molar-refractivity contribution is 0.0743. The van der Waals surface area contributed by atoms with E-state index in [1.54, 1.807) is 7.11 Å². The van der Waals surface area contributed by atoms with Gasteiger partial charge < -0.3 is 14.5 Å². The number of benzene rings is 2. The fraction of sp³-hybridized carbons (Fsp3) is 0.409. The van der Waals surface area contributed by atoms with E-state index in [-0.39, 0.29) is 11.3 Å². The Hall–Kier alpha value is -2.49. The Bertz CT molecular complexity index is 754. The molecule has 0 radical (unpaired) electrons. The Morgan fingerprint density at radius 2 is 1.54 bits per heavy atom. The topological polar surface area (TPSA) is 32.8 Å².